The van der Waals surface area contributed by atoms with Crippen molar-refractivity contribution in [2.45, 2.75) is 36.9 Å². The molecule has 2 saturated carbocycles. The van der Waals surface area contributed by atoms with Crippen LogP contribution in [-0.4, -0.2) is 4.83 Å². The van der Waals surface area contributed by atoms with Gasteiger partial charge in [0.2, 0.25) is 0 Å². The van der Waals surface area contributed by atoms with Gasteiger partial charge in [-0.2, -0.15) is 0 Å². The Balaban J connectivity index is 2.05. The summed E-state index contributed by atoms with van der Waals surface area (Å²) in [5.74, 6) is 0. The second kappa shape index (κ2) is 1.76. The summed E-state index contributed by atoms with van der Waals surface area (Å²) in [6, 6.07) is 0. The fourth-order valence-electron chi connectivity index (χ4n) is 3.55. The summed E-state index contributed by atoms with van der Waals surface area (Å²) in [5.41, 5.74) is 1.45. The van der Waals surface area contributed by atoms with E-state index in [9.17, 15) is 0 Å². The lowest BCUT2D eigenvalue weighted by Gasteiger charge is -2.18. The monoisotopic (exact) mass is 212 g/mol. The Kier molecular flexibility index (Phi) is 1.07. The lowest BCUT2D eigenvalue weighted by Crippen LogP contribution is -2.08. The standard InChI is InChI=1S/C10H13Br/c11-8-9-4-1-2-5-10(8,9)7-3-6-9/h1-2,8H,3-7H2/t8?,9-,10+. The van der Waals surface area contributed by atoms with E-state index in [1.54, 1.807) is 0 Å². The van der Waals surface area contributed by atoms with Gasteiger partial charge in [0.15, 0.2) is 0 Å². The van der Waals surface area contributed by atoms with E-state index in [1.165, 1.54) is 32.1 Å². The van der Waals surface area contributed by atoms with Gasteiger partial charge in [0.25, 0.3) is 0 Å². The van der Waals surface area contributed by atoms with Gasteiger partial charge < -0.3 is 0 Å². The van der Waals surface area contributed by atoms with Crippen LogP contribution in [0.2, 0.25) is 0 Å². The zero-order chi connectivity index (χ0) is 7.53. The molecule has 1 heteroatoms. The molecule has 60 valence electrons. The maximum atomic E-state index is 3.86. The van der Waals surface area contributed by atoms with Crippen molar-refractivity contribution in [3.8, 4) is 0 Å². The van der Waals surface area contributed by atoms with Crippen LogP contribution in [0.15, 0.2) is 12.2 Å². The first-order valence-electron chi connectivity index (χ1n) is 4.61. The molecule has 0 nitrogen and oxygen atoms in total. The fourth-order valence-corrected chi connectivity index (χ4v) is 5.17. The van der Waals surface area contributed by atoms with Crippen molar-refractivity contribution in [3.05, 3.63) is 12.2 Å². The minimum absolute atomic E-state index is 0.724. The number of rotatable bonds is 0. The topological polar surface area (TPSA) is 0 Å². The van der Waals surface area contributed by atoms with E-state index in [4.69, 9.17) is 0 Å². The van der Waals surface area contributed by atoms with Crippen molar-refractivity contribution in [2.75, 3.05) is 0 Å². The average molecular weight is 213 g/mol. The number of alkyl halides is 1. The van der Waals surface area contributed by atoms with Crippen LogP contribution in [0, 0.1) is 10.8 Å². The smallest absolute Gasteiger partial charge is 0.0276 e. The van der Waals surface area contributed by atoms with E-state index in [0.717, 1.165) is 15.7 Å². The van der Waals surface area contributed by atoms with Crippen molar-refractivity contribution in [2.24, 2.45) is 10.8 Å². The van der Waals surface area contributed by atoms with Gasteiger partial charge in [0, 0.05) is 4.83 Å². The van der Waals surface area contributed by atoms with Crippen LogP contribution in [0.4, 0.5) is 0 Å². The average Bonchev–Trinajstić information content (AvgIpc) is 2.44. The van der Waals surface area contributed by atoms with E-state index in [1.807, 2.05) is 0 Å². The number of hydrogen-bond acceptors (Lipinski definition) is 0. The van der Waals surface area contributed by atoms with Gasteiger partial charge in [-0.3, -0.25) is 0 Å². The Hall–Kier alpha value is 0.220. The number of allylic oxidation sites excluding steroid dienone is 2. The summed E-state index contributed by atoms with van der Waals surface area (Å²) in [4.78, 5) is 0.853. The molecule has 0 aliphatic heterocycles. The molecule has 11 heavy (non-hydrogen) atoms. The highest BCUT2D eigenvalue weighted by Gasteiger charge is 2.76. The number of hydrogen-bond donors (Lipinski definition) is 0. The largest absolute Gasteiger partial charge is 0.0879 e. The fraction of sp³-hybridized carbons (Fsp3) is 0.800. The van der Waals surface area contributed by atoms with Crippen molar-refractivity contribution in [1.29, 1.82) is 0 Å². The van der Waals surface area contributed by atoms with Crippen LogP contribution in [0.1, 0.15) is 32.1 Å². The van der Waals surface area contributed by atoms with Crippen LogP contribution < -0.4 is 0 Å². The Labute approximate surface area is 76.2 Å². The van der Waals surface area contributed by atoms with E-state index in [2.05, 4.69) is 28.1 Å². The molecular weight excluding hydrogens is 200 g/mol. The second-order valence-corrected chi connectivity index (χ2v) is 5.32. The molecule has 0 saturated heterocycles. The molecule has 0 N–H and O–H groups in total. The quantitative estimate of drug-likeness (QED) is 0.428. The highest BCUT2D eigenvalue weighted by molar-refractivity contribution is 9.09. The Morgan fingerprint density at radius 3 is 2.18 bits per heavy atom. The van der Waals surface area contributed by atoms with Crippen LogP contribution >= 0.6 is 15.9 Å². The third kappa shape index (κ3) is 0.526. The summed E-state index contributed by atoms with van der Waals surface area (Å²) < 4.78 is 0. The predicted molar refractivity (Wildman–Crippen MR) is 49.8 cm³/mol. The Morgan fingerprint density at radius 2 is 1.64 bits per heavy atom. The first-order valence-corrected chi connectivity index (χ1v) is 5.53. The van der Waals surface area contributed by atoms with Crippen molar-refractivity contribution in [3.63, 3.8) is 0 Å². The SMILES string of the molecule is BrC1[C@@]23CC=CC[C@@]12CCC3. The summed E-state index contributed by atoms with van der Waals surface area (Å²) in [7, 11) is 0. The van der Waals surface area contributed by atoms with Crippen molar-refractivity contribution < 1.29 is 0 Å². The zero-order valence-corrected chi connectivity index (χ0v) is 8.23. The molecule has 0 aromatic carbocycles. The molecule has 3 rings (SSSR count). The summed E-state index contributed by atoms with van der Waals surface area (Å²) in [5, 5.41) is 0. The van der Waals surface area contributed by atoms with Gasteiger partial charge in [0.05, 0.1) is 0 Å². The van der Waals surface area contributed by atoms with Crippen molar-refractivity contribution >= 4 is 15.9 Å². The number of halogens is 1. The van der Waals surface area contributed by atoms with Gasteiger partial charge in [0.1, 0.15) is 0 Å². The lowest BCUT2D eigenvalue weighted by atomic mass is 9.86. The molecule has 0 aromatic heterocycles. The minimum atomic E-state index is 0.724. The highest BCUT2D eigenvalue weighted by Crippen LogP contribution is 2.80. The third-order valence-electron chi connectivity index (χ3n) is 4.26. The van der Waals surface area contributed by atoms with E-state index < -0.39 is 0 Å². The molecule has 2 fully saturated rings. The maximum Gasteiger partial charge on any atom is 0.0276 e. The predicted octanol–water partition coefficient (Wildman–Crippen LogP) is 3.27. The van der Waals surface area contributed by atoms with E-state index in [-0.39, 0.29) is 0 Å². The van der Waals surface area contributed by atoms with Gasteiger partial charge in [-0.25, -0.2) is 0 Å². The first-order chi connectivity index (χ1) is 5.32. The molecule has 0 radical (unpaired) electrons. The van der Waals surface area contributed by atoms with Gasteiger partial charge in [-0.1, -0.05) is 34.5 Å². The molecule has 0 heterocycles. The maximum absolute atomic E-state index is 3.86. The van der Waals surface area contributed by atoms with Gasteiger partial charge >= 0.3 is 0 Å². The molecule has 3 atom stereocenters. The summed E-state index contributed by atoms with van der Waals surface area (Å²) in [6.07, 6.45) is 11.9. The molecule has 3 aliphatic carbocycles. The molecule has 3 aliphatic rings. The van der Waals surface area contributed by atoms with E-state index in [0.29, 0.717) is 0 Å². The Morgan fingerprint density at radius 1 is 1.09 bits per heavy atom. The van der Waals surface area contributed by atoms with Gasteiger partial charge in [-0.15, -0.1) is 0 Å². The highest BCUT2D eigenvalue weighted by atomic mass is 79.9. The van der Waals surface area contributed by atoms with Crippen LogP contribution in [-0.2, 0) is 0 Å². The van der Waals surface area contributed by atoms with Crippen LogP contribution in [0.5, 0.6) is 0 Å². The first kappa shape index (κ1) is 6.71. The molecule has 0 bridgehead atoms. The molecule has 0 aromatic rings. The summed E-state index contributed by atoms with van der Waals surface area (Å²) in [6.45, 7) is 0. The molecular formula is C10H13Br. The third-order valence-corrected chi connectivity index (χ3v) is 6.01. The van der Waals surface area contributed by atoms with Crippen LogP contribution in [0.3, 0.4) is 0 Å². The zero-order valence-electron chi connectivity index (χ0n) is 6.65. The molecule has 0 amide bonds. The summed E-state index contributed by atoms with van der Waals surface area (Å²) >= 11 is 3.86. The molecule has 0 spiro atoms. The van der Waals surface area contributed by atoms with Crippen molar-refractivity contribution in [1.82, 2.24) is 0 Å². The minimum Gasteiger partial charge on any atom is -0.0879 e. The van der Waals surface area contributed by atoms with Crippen LogP contribution in [0.25, 0.3) is 0 Å². The van der Waals surface area contributed by atoms with Gasteiger partial charge in [-0.05, 0) is 36.5 Å². The van der Waals surface area contributed by atoms with E-state index >= 15 is 0 Å². The normalized spacial score (nSPS) is 58.8. The lowest BCUT2D eigenvalue weighted by molar-refractivity contribution is 0.380. The molecule has 1 unspecified atom stereocenters. The second-order valence-electron chi connectivity index (χ2n) is 4.41. The Bertz CT molecular complexity index is 211.